The number of hydrogen-bond acceptors (Lipinski definition) is 2. The van der Waals surface area contributed by atoms with Crippen molar-refractivity contribution in [3.63, 3.8) is 0 Å². The Morgan fingerprint density at radius 1 is 0.545 bits per heavy atom. The summed E-state index contributed by atoms with van der Waals surface area (Å²) in [6.07, 6.45) is 0. The van der Waals surface area contributed by atoms with Gasteiger partial charge in [-0.1, -0.05) is 82.8 Å². The third kappa shape index (κ3) is 4.48. The highest BCUT2D eigenvalue weighted by atomic mass is 35.5. The lowest BCUT2D eigenvalue weighted by Crippen LogP contribution is -2.08. The van der Waals surface area contributed by atoms with E-state index >= 15 is 8.78 Å². The topological polar surface area (TPSA) is 34.1 Å². The van der Waals surface area contributed by atoms with Gasteiger partial charge in [-0.2, -0.15) is 0 Å². The first kappa shape index (κ1) is 24.0. The zero-order chi connectivity index (χ0) is 23.9. The van der Waals surface area contributed by atoms with Crippen LogP contribution in [0.1, 0.15) is 0 Å². The Balaban J connectivity index is 1.88. The molecule has 0 amide bonds. The molecule has 0 heterocycles. The highest BCUT2D eigenvalue weighted by Crippen LogP contribution is 2.38. The monoisotopic (exact) mass is 542 g/mol. The Bertz CT molecular complexity index is 1400. The van der Waals surface area contributed by atoms with Crippen molar-refractivity contribution in [1.29, 1.82) is 0 Å². The molecule has 0 unspecified atom stereocenters. The van der Waals surface area contributed by atoms with Crippen molar-refractivity contribution in [2.75, 3.05) is 0 Å². The average molecular weight is 544 g/mol. The van der Waals surface area contributed by atoms with Gasteiger partial charge in [0.2, 0.25) is 9.84 Å². The maximum atomic E-state index is 15.5. The summed E-state index contributed by atoms with van der Waals surface area (Å²) in [7, 11) is -4.59. The van der Waals surface area contributed by atoms with Crippen molar-refractivity contribution < 1.29 is 17.2 Å². The van der Waals surface area contributed by atoms with Crippen molar-refractivity contribution in [3.8, 4) is 22.3 Å². The summed E-state index contributed by atoms with van der Waals surface area (Å²) in [4.78, 5) is -1.38. The highest BCUT2D eigenvalue weighted by molar-refractivity contribution is 7.91. The fraction of sp³-hybridized carbons (Fsp3) is 0. The number of halogens is 6. The van der Waals surface area contributed by atoms with Crippen molar-refractivity contribution >= 4 is 56.2 Å². The van der Waals surface area contributed by atoms with Gasteiger partial charge in [-0.25, -0.2) is 17.2 Å². The summed E-state index contributed by atoms with van der Waals surface area (Å²) < 4.78 is 57.6. The summed E-state index contributed by atoms with van der Waals surface area (Å²) in [5, 5.41) is 0.961. The van der Waals surface area contributed by atoms with Gasteiger partial charge in [-0.15, -0.1) is 0 Å². The van der Waals surface area contributed by atoms with Gasteiger partial charge < -0.3 is 0 Å². The van der Waals surface area contributed by atoms with E-state index in [2.05, 4.69) is 0 Å². The summed E-state index contributed by atoms with van der Waals surface area (Å²) in [6.45, 7) is 0. The average Bonchev–Trinajstić information content (AvgIpc) is 2.75. The van der Waals surface area contributed by atoms with Gasteiger partial charge in [0.25, 0.3) is 0 Å². The van der Waals surface area contributed by atoms with E-state index < -0.39 is 31.3 Å². The summed E-state index contributed by atoms with van der Waals surface area (Å²) in [5.74, 6) is -2.12. The quantitative estimate of drug-likeness (QED) is 0.258. The molecular formula is C24H12Cl4F2O2S. The number of sulfone groups is 1. The molecule has 0 bridgehead atoms. The lowest BCUT2D eigenvalue weighted by molar-refractivity contribution is 0.554. The zero-order valence-corrected chi connectivity index (χ0v) is 20.3. The van der Waals surface area contributed by atoms with Gasteiger partial charge in [-0.3, -0.25) is 0 Å². The number of hydrogen-bond donors (Lipinski definition) is 0. The molecule has 0 aliphatic heterocycles. The molecule has 33 heavy (non-hydrogen) atoms. The van der Waals surface area contributed by atoms with Crippen LogP contribution in [-0.4, -0.2) is 8.42 Å². The SMILES string of the molecule is O=S(=O)(c1cccc(-c2ccc(Cl)cc2Cl)c1F)c1cccc(-c2ccc(Cl)cc2Cl)c1F. The van der Waals surface area contributed by atoms with Crippen molar-refractivity contribution in [2.45, 2.75) is 9.79 Å². The Labute approximate surface area is 209 Å². The molecular weight excluding hydrogens is 532 g/mol. The van der Waals surface area contributed by atoms with Crippen LogP contribution in [0.2, 0.25) is 20.1 Å². The number of rotatable bonds is 4. The van der Waals surface area contributed by atoms with Crippen LogP contribution in [0.5, 0.6) is 0 Å². The Kier molecular flexibility index (Phi) is 6.72. The molecule has 9 heteroatoms. The van der Waals surface area contributed by atoms with E-state index in [0.29, 0.717) is 10.0 Å². The van der Waals surface area contributed by atoms with E-state index in [-0.39, 0.29) is 32.3 Å². The normalized spacial score (nSPS) is 11.6. The van der Waals surface area contributed by atoms with Crippen LogP contribution >= 0.6 is 46.4 Å². The van der Waals surface area contributed by atoms with E-state index in [9.17, 15) is 8.42 Å². The van der Waals surface area contributed by atoms with E-state index in [1.165, 1.54) is 60.7 Å². The van der Waals surface area contributed by atoms with Crippen molar-refractivity contribution in [2.24, 2.45) is 0 Å². The van der Waals surface area contributed by atoms with Gasteiger partial charge in [0.1, 0.15) is 21.4 Å². The Hall–Kier alpha value is -2.15. The minimum Gasteiger partial charge on any atom is -0.218 e. The molecule has 4 aromatic rings. The molecule has 2 nitrogen and oxygen atoms in total. The van der Waals surface area contributed by atoms with E-state index in [0.717, 1.165) is 12.1 Å². The molecule has 0 saturated heterocycles. The molecule has 168 valence electrons. The summed E-state index contributed by atoms with van der Waals surface area (Å²) >= 11 is 24.2. The number of benzene rings is 4. The van der Waals surface area contributed by atoms with Crippen LogP contribution in [-0.2, 0) is 9.84 Å². The van der Waals surface area contributed by atoms with E-state index in [1.54, 1.807) is 0 Å². The fourth-order valence-electron chi connectivity index (χ4n) is 3.39. The van der Waals surface area contributed by atoms with Crippen molar-refractivity contribution in [3.05, 3.63) is 105 Å². The molecule has 0 aliphatic rings. The molecule has 4 rings (SSSR count). The standard InChI is InChI=1S/C24H12Cl4F2O2S/c25-13-7-9-15(19(27)11-13)17-3-1-5-21(23(17)29)33(31,32)22-6-2-4-18(24(22)30)16-10-8-14(26)12-20(16)28/h1-12H. The van der Waals surface area contributed by atoms with Gasteiger partial charge in [0.15, 0.2) is 0 Å². The smallest absolute Gasteiger partial charge is 0.212 e. The predicted molar refractivity (Wildman–Crippen MR) is 129 cm³/mol. The van der Waals surface area contributed by atoms with Crippen LogP contribution < -0.4 is 0 Å². The third-order valence-electron chi connectivity index (χ3n) is 4.95. The Morgan fingerprint density at radius 3 is 1.30 bits per heavy atom. The minimum atomic E-state index is -4.59. The van der Waals surface area contributed by atoms with Crippen LogP contribution in [0.4, 0.5) is 8.78 Å². The molecule has 0 spiro atoms. The summed E-state index contributed by atoms with van der Waals surface area (Å²) in [6, 6.07) is 16.4. The molecule has 0 aliphatic carbocycles. The molecule has 0 saturated carbocycles. The predicted octanol–water partition coefficient (Wildman–Crippen LogP) is 8.75. The van der Waals surface area contributed by atoms with E-state index in [4.69, 9.17) is 46.4 Å². The highest BCUT2D eigenvalue weighted by Gasteiger charge is 2.29. The van der Waals surface area contributed by atoms with Gasteiger partial charge in [0.05, 0.1) is 0 Å². The second-order valence-electron chi connectivity index (χ2n) is 6.99. The van der Waals surface area contributed by atoms with Gasteiger partial charge >= 0.3 is 0 Å². The second kappa shape index (κ2) is 9.24. The maximum absolute atomic E-state index is 15.5. The van der Waals surface area contributed by atoms with Crippen LogP contribution in [0.25, 0.3) is 22.3 Å². The molecule has 0 fully saturated rings. The fourth-order valence-corrected chi connectivity index (χ4v) is 5.85. The Morgan fingerprint density at radius 2 is 0.939 bits per heavy atom. The van der Waals surface area contributed by atoms with Crippen molar-refractivity contribution in [1.82, 2.24) is 0 Å². The van der Waals surface area contributed by atoms with E-state index in [1.807, 2.05) is 0 Å². The van der Waals surface area contributed by atoms with Crippen LogP contribution in [0.3, 0.4) is 0 Å². The first-order valence-electron chi connectivity index (χ1n) is 9.34. The maximum Gasteiger partial charge on any atom is 0.212 e. The first-order valence-corrected chi connectivity index (χ1v) is 12.3. The van der Waals surface area contributed by atoms with Crippen LogP contribution in [0.15, 0.2) is 82.6 Å². The molecule has 0 N–H and O–H groups in total. The first-order chi connectivity index (χ1) is 15.6. The molecule has 4 aromatic carbocycles. The third-order valence-corrected chi connectivity index (χ3v) is 7.83. The largest absolute Gasteiger partial charge is 0.218 e. The van der Waals surface area contributed by atoms with Gasteiger partial charge in [-0.05, 0) is 36.4 Å². The van der Waals surface area contributed by atoms with Gasteiger partial charge in [0, 0.05) is 42.3 Å². The molecule has 0 radical (unpaired) electrons. The summed E-state index contributed by atoms with van der Waals surface area (Å²) in [5.41, 5.74) is 0.376. The zero-order valence-electron chi connectivity index (χ0n) is 16.4. The second-order valence-corrected chi connectivity index (χ2v) is 10.6. The lowest BCUT2D eigenvalue weighted by atomic mass is 10.1. The lowest BCUT2D eigenvalue weighted by Gasteiger charge is -2.13. The molecule has 0 atom stereocenters. The molecule has 0 aromatic heterocycles. The minimum absolute atomic E-state index is 0.0601. The van der Waals surface area contributed by atoms with Crippen LogP contribution in [0, 0.1) is 11.6 Å².